The third-order valence-corrected chi connectivity index (χ3v) is 4.93. The molecule has 3 aromatic rings. The Morgan fingerprint density at radius 2 is 2.08 bits per heavy atom. The van der Waals surface area contributed by atoms with Gasteiger partial charge in [-0.05, 0) is 31.5 Å². The third-order valence-electron chi connectivity index (χ3n) is 3.81. The van der Waals surface area contributed by atoms with Crippen LogP contribution < -0.4 is 11.0 Å². The van der Waals surface area contributed by atoms with E-state index in [9.17, 15) is 14.4 Å². The highest BCUT2D eigenvalue weighted by Crippen LogP contribution is 2.32. The maximum Gasteiger partial charge on any atom is 0.350 e. The molecule has 0 radical (unpaired) electrons. The SMILES string of the molecule is COC(=O)c1c(NC(=O)Cn2nc3ccccn3c2=O)sc(C)c1C. The summed E-state index contributed by atoms with van der Waals surface area (Å²) >= 11 is 1.29. The largest absolute Gasteiger partial charge is 0.465 e. The van der Waals surface area contributed by atoms with Crippen LogP contribution in [-0.4, -0.2) is 33.2 Å². The molecule has 3 heterocycles. The van der Waals surface area contributed by atoms with E-state index in [0.29, 0.717) is 16.2 Å². The Morgan fingerprint density at radius 1 is 1.32 bits per heavy atom. The first-order valence-electron chi connectivity index (χ1n) is 7.44. The molecule has 0 fully saturated rings. The van der Waals surface area contributed by atoms with Gasteiger partial charge in [0.25, 0.3) is 0 Å². The predicted molar refractivity (Wildman–Crippen MR) is 93.2 cm³/mol. The Bertz CT molecular complexity index is 1030. The Kier molecular flexibility index (Phi) is 4.41. The summed E-state index contributed by atoms with van der Waals surface area (Å²) in [4.78, 5) is 37.4. The molecule has 0 spiro atoms. The topological polar surface area (TPSA) is 94.7 Å². The molecule has 130 valence electrons. The molecule has 0 saturated heterocycles. The number of amides is 1. The zero-order chi connectivity index (χ0) is 18.1. The number of anilines is 1. The number of aryl methyl sites for hydroxylation is 1. The molecule has 3 aromatic heterocycles. The quantitative estimate of drug-likeness (QED) is 0.713. The highest BCUT2D eigenvalue weighted by Gasteiger charge is 2.22. The van der Waals surface area contributed by atoms with E-state index in [0.717, 1.165) is 15.1 Å². The molecule has 25 heavy (non-hydrogen) atoms. The van der Waals surface area contributed by atoms with Crippen LogP contribution in [0.2, 0.25) is 0 Å². The first-order valence-corrected chi connectivity index (χ1v) is 8.26. The average Bonchev–Trinajstić information content (AvgIpc) is 3.04. The van der Waals surface area contributed by atoms with Gasteiger partial charge in [0.15, 0.2) is 5.65 Å². The second-order valence-electron chi connectivity index (χ2n) is 5.40. The number of aromatic nitrogens is 3. The lowest BCUT2D eigenvalue weighted by atomic mass is 10.1. The summed E-state index contributed by atoms with van der Waals surface area (Å²) < 4.78 is 7.21. The van der Waals surface area contributed by atoms with E-state index < -0.39 is 17.6 Å². The number of thiophene rings is 1. The van der Waals surface area contributed by atoms with Crippen molar-refractivity contribution in [3.8, 4) is 0 Å². The zero-order valence-electron chi connectivity index (χ0n) is 13.9. The molecule has 0 saturated carbocycles. The lowest BCUT2D eigenvalue weighted by Crippen LogP contribution is -2.28. The third kappa shape index (κ3) is 3.05. The van der Waals surface area contributed by atoms with Crippen LogP contribution in [-0.2, 0) is 16.1 Å². The van der Waals surface area contributed by atoms with Crippen molar-refractivity contribution in [3.05, 3.63) is 50.9 Å². The fourth-order valence-corrected chi connectivity index (χ4v) is 3.50. The van der Waals surface area contributed by atoms with Gasteiger partial charge in [0.1, 0.15) is 11.5 Å². The van der Waals surface area contributed by atoms with E-state index in [1.54, 1.807) is 31.3 Å². The van der Waals surface area contributed by atoms with Gasteiger partial charge in [-0.3, -0.25) is 9.20 Å². The van der Waals surface area contributed by atoms with Crippen LogP contribution in [0.3, 0.4) is 0 Å². The number of nitrogens with zero attached hydrogens (tertiary/aromatic N) is 3. The molecule has 0 bridgehead atoms. The van der Waals surface area contributed by atoms with Crippen molar-refractivity contribution in [3.63, 3.8) is 0 Å². The smallest absolute Gasteiger partial charge is 0.350 e. The van der Waals surface area contributed by atoms with Crippen LogP contribution >= 0.6 is 11.3 Å². The first kappa shape index (κ1) is 16.9. The minimum absolute atomic E-state index is 0.253. The molecule has 3 rings (SSSR count). The molecule has 0 aliphatic rings. The van der Waals surface area contributed by atoms with Crippen molar-refractivity contribution in [2.75, 3.05) is 12.4 Å². The van der Waals surface area contributed by atoms with Gasteiger partial charge in [-0.15, -0.1) is 16.4 Å². The number of carbonyl (C=O) groups excluding carboxylic acids is 2. The van der Waals surface area contributed by atoms with Crippen LogP contribution in [0.4, 0.5) is 5.00 Å². The Balaban J connectivity index is 1.86. The molecular weight excluding hydrogens is 344 g/mol. The van der Waals surface area contributed by atoms with Crippen molar-refractivity contribution in [2.24, 2.45) is 0 Å². The molecule has 0 unspecified atom stereocenters. The number of fused-ring (bicyclic) bond motifs is 1. The fourth-order valence-electron chi connectivity index (χ4n) is 2.44. The molecule has 0 aromatic carbocycles. The van der Waals surface area contributed by atoms with Crippen LogP contribution in [0.1, 0.15) is 20.8 Å². The minimum atomic E-state index is -0.512. The van der Waals surface area contributed by atoms with E-state index in [1.807, 2.05) is 6.92 Å². The molecule has 0 atom stereocenters. The molecule has 1 N–H and O–H groups in total. The second-order valence-corrected chi connectivity index (χ2v) is 6.62. The second kappa shape index (κ2) is 6.52. The van der Waals surface area contributed by atoms with Crippen molar-refractivity contribution >= 4 is 33.9 Å². The number of hydrogen-bond donors (Lipinski definition) is 1. The van der Waals surface area contributed by atoms with Gasteiger partial charge in [-0.1, -0.05) is 6.07 Å². The lowest BCUT2D eigenvalue weighted by molar-refractivity contribution is -0.116. The van der Waals surface area contributed by atoms with Crippen molar-refractivity contribution in [2.45, 2.75) is 20.4 Å². The molecular formula is C16H16N4O4S. The maximum absolute atomic E-state index is 12.3. The summed E-state index contributed by atoms with van der Waals surface area (Å²) in [6.45, 7) is 3.40. The van der Waals surface area contributed by atoms with E-state index in [1.165, 1.54) is 22.8 Å². The highest BCUT2D eigenvalue weighted by molar-refractivity contribution is 7.16. The summed E-state index contributed by atoms with van der Waals surface area (Å²) in [6.07, 6.45) is 1.58. The van der Waals surface area contributed by atoms with Crippen molar-refractivity contribution < 1.29 is 14.3 Å². The predicted octanol–water partition coefficient (Wildman–Crippen LogP) is 1.60. The summed E-state index contributed by atoms with van der Waals surface area (Å²) in [5, 5.41) is 7.19. The van der Waals surface area contributed by atoms with Gasteiger partial charge in [-0.25, -0.2) is 14.3 Å². The Labute approximate surface area is 146 Å². The molecule has 9 heteroatoms. The number of pyridine rings is 1. The van der Waals surface area contributed by atoms with Crippen LogP contribution in [0.5, 0.6) is 0 Å². The number of esters is 1. The van der Waals surface area contributed by atoms with E-state index in [2.05, 4.69) is 10.4 Å². The normalized spacial score (nSPS) is 10.8. The maximum atomic E-state index is 12.3. The number of nitrogens with one attached hydrogen (secondary N) is 1. The van der Waals surface area contributed by atoms with E-state index >= 15 is 0 Å². The standard InChI is InChI=1S/C16H16N4O4S/c1-9-10(2)25-14(13(9)15(22)24-3)17-12(21)8-20-16(23)19-7-5-4-6-11(19)18-20/h4-7H,8H2,1-3H3,(H,17,21). The van der Waals surface area contributed by atoms with E-state index in [-0.39, 0.29) is 6.54 Å². The number of hydrogen-bond acceptors (Lipinski definition) is 6. The van der Waals surface area contributed by atoms with E-state index in [4.69, 9.17) is 4.74 Å². The number of ether oxygens (including phenoxy) is 1. The number of methoxy groups -OCH3 is 1. The first-order chi connectivity index (χ1) is 11.9. The van der Waals surface area contributed by atoms with Gasteiger partial charge in [0.05, 0.1) is 12.7 Å². The van der Waals surface area contributed by atoms with Gasteiger partial charge >= 0.3 is 11.7 Å². The summed E-state index contributed by atoms with van der Waals surface area (Å²) in [6, 6.07) is 5.14. The lowest BCUT2D eigenvalue weighted by Gasteiger charge is -2.05. The highest BCUT2D eigenvalue weighted by atomic mass is 32.1. The minimum Gasteiger partial charge on any atom is -0.465 e. The summed E-state index contributed by atoms with van der Waals surface area (Å²) in [7, 11) is 1.29. The number of rotatable bonds is 4. The van der Waals surface area contributed by atoms with Crippen molar-refractivity contribution in [1.29, 1.82) is 0 Å². The molecule has 0 aliphatic carbocycles. The van der Waals surface area contributed by atoms with Crippen LogP contribution in [0.15, 0.2) is 29.2 Å². The van der Waals surface area contributed by atoms with Gasteiger partial charge in [0, 0.05) is 11.1 Å². The van der Waals surface area contributed by atoms with Crippen LogP contribution in [0.25, 0.3) is 5.65 Å². The molecule has 8 nitrogen and oxygen atoms in total. The zero-order valence-corrected chi connectivity index (χ0v) is 14.7. The Morgan fingerprint density at radius 3 is 2.76 bits per heavy atom. The molecule has 1 amide bonds. The monoisotopic (exact) mass is 360 g/mol. The van der Waals surface area contributed by atoms with Gasteiger partial charge in [0.2, 0.25) is 5.91 Å². The van der Waals surface area contributed by atoms with Crippen molar-refractivity contribution in [1.82, 2.24) is 14.2 Å². The summed E-state index contributed by atoms with van der Waals surface area (Å²) in [5.41, 5.74) is 1.15. The summed E-state index contributed by atoms with van der Waals surface area (Å²) in [5.74, 6) is -0.959. The fraction of sp³-hybridized carbons (Fsp3) is 0.250. The van der Waals surface area contributed by atoms with Gasteiger partial charge < -0.3 is 10.1 Å². The average molecular weight is 360 g/mol. The van der Waals surface area contributed by atoms with Crippen LogP contribution in [0, 0.1) is 13.8 Å². The molecule has 0 aliphatic heterocycles. The Hall–Kier alpha value is -2.94. The van der Waals surface area contributed by atoms with Gasteiger partial charge in [-0.2, -0.15) is 0 Å². The number of carbonyl (C=O) groups is 2.